The van der Waals surface area contributed by atoms with Gasteiger partial charge in [-0.05, 0) is 37.3 Å². The third-order valence-corrected chi connectivity index (χ3v) is 1.86. The average Bonchev–Trinajstić information content (AvgIpc) is 2.27. The highest BCUT2D eigenvalue weighted by molar-refractivity contribution is 5.33. The molecule has 84 valence electrons. The number of methoxy groups -OCH3 is 1. The summed E-state index contributed by atoms with van der Waals surface area (Å²) in [4.78, 5) is 0. The van der Waals surface area contributed by atoms with Crippen molar-refractivity contribution in [2.75, 3.05) is 7.11 Å². The lowest BCUT2D eigenvalue weighted by atomic mass is 10.3. The van der Waals surface area contributed by atoms with Crippen molar-refractivity contribution in [1.29, 1.82) is 0 Å². The van der Waals surface area contributed by atoms with Gasteiger partial charge in [-0.3, -0.25) is 0 Å². The molecule has 0 aliphatic heterocycles. The van der Waals surface area contributed by atoms with Gasteiger partial charge in [-0.15, -0.1) is 0 Å². The highest BCUT2D eigenvalue weighted by Gasteiger charge is 1.95. The van der Waals surface area contributed by atoms with Crippen molar-refractivity contribution >= 4 is 0 Å². The molecule has 0 saturated heterocycles. The molecule has 0 unspecified atom stereocenters. The zero-order valence-electron chi connectivity index (χ0n) is 9.69. The van der Waals surface area contributed by atoms with Crippen LogP contribution in [0.4, 0.5) is 0 Å². The first-order valence-corrected chi connectivity index (χ1v) is 4.96. The summed E-state index contributed by atoms with van der Waals surface area (Å²) in [5.41, 5.74) is 0.958. The maximum atomic E-state index is 5.49. The minimum Gasteiger partial charge on any atom is -0.497 e. The van der Waals surface area contributed by atoms with E-state index in [1.54, 1.807) is 13.2 Å². The lowest BCUT2D eigenvalue weighted by molar-refractivity contribution is 0.411. The fraction of sp³-hybridized carbons (Fsp3) is 0.143. The van der Waals surface area contributed by atoms with Gasteiger partial charge in [-0.25, -0.2) is 0 Å². The second kappa shape index (κ2) is 5.81. The molecule has 0 N–H and O–H groups in total. The van der Waals surface area contributed by atoms with Gasteiger partial charge in [0.05, 0.1) is 7.11 Å². The van der Waals surface area contributed by atoms with Crippen LogP contribution >= 0.6 is 0 Å². The quantitative estimate of drug-likeness (QED) is 0.551. The molecule has 0 atom stereocenters. The molecule has 0 fully saturated rings. The summed E-state index contributed by atoms with van der Waals surface area (Å²) in [6, 6.07) is 7.34. The lowest BCUT2D eigenvalue weighted by Gasteiger charge is -2.05. The van der Waals surface area contributed by atoms with E-state index >= 15 is 0 Å². The zero-order valence-corrected chi connectivity index (χ0v) is 9.69. The zero-order chi connectivity index (χ0) is 12.0. The monoisotopic (exact) mass is 216 g/mol. The molecule has 0 bridgehead atoms. The van der Waals surface area contributed by atoms with Crippen LogP contribution in [-0.2, 0) is 0 Å². The molecular formula is C14H16O2. The van der Waals surface area contributed by atoms with Gasteiger partial charge >= 0.3 is 0 Å². The van der Waals surface area contributed by atoms with Crippen LogP contribution in [0.1, 0.15) is 6.92 Å². The Balaban J connectivity index is 2.59. The standard InChI is InChI=1S/C14H16O2/c1-11(2)5-6-12(3)16-14-9-7-13(15-4)8-10-14/h5-10H,1,3H2,2,4H3/b6-5-. The van der Waals surface area contributed by atoms with Crippen molar-refractivity contribution in [2.45, 2.75) is 6.92 Å². The van der Waals surface area contributed by atoms with E-state index in [1.165, 1.54) is 0 Å². The van der Waals surface area contributed by atoms with E-state index in [0.29, 0.717) is 5.76 Å². The van der Waals surface area contributed by atoms with Gasteiger partial charge in [0, 0.05) is 0 Å². The molecule has 2 nitrogen and oxygen atoms in total. The number of hydrogen-bond acceptors (Lipinski definition) is 2. The number of allylic oxidation sites excluding steroid dienone is 3. The van der Waals surface area contributed by atoms with Crippen LogP contribution in [0.25, 0.3) is 0 Å². The Hall–Kier alpha value is -1.96. The Morgan fingerprint density at radius 1 is 1.06 bits per heavy atom. The Morgan fingerprint density at radius 2 is 1.62 bits per heavy atom. The minimum absolute atomic E-state index is 0.577. The van der Waals surface area contributed by atoms with Crippen LogP contribution in [0.3, 0.4) is 0 Å². The summed E-state index contributed by atoms with van der Waals surface area (Å²) < 4.78 is 10.5. The van der Waals surface area contributed by atoms with Crippen LogP contribution < -0.4 is 9.47 Å². The van der Waals surface area contributed by atoms with E-state index in [0.717, 1.165) is 17.1 Å². The smallest absolute Gasteiger partial charge is 0.127 e. The first-order valence-electron chi connectivity index (χ1n) is 4.96. The van der Waals surface area contributed by atoms with Gasteiger partial charge in [-0.1, -0.05) is 24.8 Å². The van der Waals surface area contributed by atoms with E-state index in [9.17, 15) is 0 Å². The van der Waals surface area contributed by atoms with Crippen LogP contribution in [0.2, 0.25) is 0 Å². The van der Waals surface area contributed by atoms with Crippen LogP contribution in [0, 0.1) is 0 Å². The van der Waals surface area contributed by atoms with Crippen molar-refractivity contribution < 1.29 is 9.47 Å². The number of hydrogen-bond donors (Lipinski definition) is 0. The Labute approximate surface area is 96.5 Å². The average molecular weight is 216 g/mol. The molecule has 0 spiro atoms. The van der Waals surface area contributed by atoms with Crippen LogP contribution in [0.15, 0.2) is 60.9 Å². The van der Waals surface area contributed by atoms with E-state index in [4.69, 9.17) is 9.47 Å². The maximum Gasteiger partial charge on any atom is 0.127 e. The van der Waals surface area contributed by atoms with Gasteiger partial charge in [0.25, 0.3) is 0 Å². The fourth-order valence-electron chi connectivity index (χ4n) is 1.06. The summed E-state index contributed by atoms with van der Waals surface area (Å²) >= 11 is 0. The molecule has 0 aromatic heterocycles. The van der Waals surface area contributed by atoms with E-state index in [1.807, 2.05) is 37.3 Å². The van der Waals surface area contributed by atoms with Crippen molar-refractivity contribution in [3.63, 3.8) is 0 Å². The first-order chi connectivity index (χ1) is 7.61. The molecular weight excluding hydrogens is 200 g/mol. The molecule has 0 amide bonds. The normalized spacial score (nSPS) is 10.1. The molecule has 0 saturated carbocycles. The molecule has 1 rings (SSSR count). The molecule has 0 aliphatic rings. The van der Waals surface area contributed by atoms with Gasteiger partial charge in [-0.2, -0.15) is 0 Å². The Morgan fingerprint density at radius 3 is 2.12 bits per heavy atom. The lowest BCUT2D eigenvalue weighted by Crippen LogP contribution is -1.90. The second-order valence-electron chi connectivity index (χ2n) is 3.42. The molecule has 16 heavy (non-hydrogen) atoms. The second-order valence-corrected chi connectivity index (χ2v) is 3.42. The summed E-state index contributed by atoms with van der Waals surface area (Å²) in [5, 5.41) is 0. The van der Waals surface area contributed by atoms with E-state index in [2.05, 4.69) is 13.2 Å². The molecule has 0 heterocycles. The van der Waals surface area contributed by atoms with Crippen molar-refractivity contribution in [3.8, 4) is 11.5 Å². The molecule has 1 aromatic rings. The van der Waals surface area contributed by atoms with E-state index in [-0.39, 0.29) is 0 Å². The maximum absolute atomic E-state index is 5.49. The summed E-state index contributed by atoms with van der Waals surface area (Å²) in [7, 11) is 1.63. The van der Waals surface area contributed by atoms with Gasteiger partial charge < -0.3 is 9.47 Å². The third kappa shape index (κ3) is 4.05. The fourth-order valence-corrected chi connectivity index (χ4v) is 1.06. The van der Waals surface area contributed by atoms with Crippen LogP contribution in [0.5, 0.6) is 11.5 Å². The minimum atomic E-state index is 0.577. The molecule has 1 aromatic carbocycles. The third-order valence-electron chi connectivity index (χ3n) is 1.86. The summed E-state index contributed by atoms with van der Waals surface area (Å²) in [6.07, 6.45) is 3.64. The van der Waals surface area contributed by atoms with Crippen LogP contribution in [-0.4, -0.2) is 7.11 Å². The summed E-state index contributed by atoms with van der Waals surface area (Å²) in [6.45, 7) is 9.45. The van der Waals surface area contributed by atoms with Gasteiger partial charge in [0.1, 0.15) is 17.3 Å². The predicted molar refractivity (Wildman–Crippen MR) is 66.7 cm³/mol. The highest BCUT2D eigenvalue weighted by atomic mass is 16.5. The molecule has 0 aliphatic carbocycles. The Kier molecular flexibility index (Phi) is 4.40. The topological polar surface area (TPSA) is 18.5 Å². The molecule has 2 heteroatoms. The Bertz CT molecular complexity index is 399. The first kappa shape index (κ1) is 12.1. The summed E-state index contributed by atoms with van der Waals surface area (Å²) in [5.74, 6) is 2.11. The highest BCUT2D eigenvalue weighted by Crippen LogP contribution is 2.18. The van der Waals surface area contributed by atoms with Gasteiger partial charge in [0.2, 0.25) is 0 Å². The van der Waals surface area contributed by atoms with Crippen molar-refractivity contribution in [2.24, 2.45) is 0 Å². The number of benzene rings is 1. The largest absolute Gasteiger partial charge is 0.497 e. The van der Waals surface area contributed by atoms with Crippen molar-refractivity contribution in [1.82, 2.24) is 0 Å². The number of rotatable bonds is 5. The van der Waals surface area contributed by atoms with Gasteiger partial charge in [0.15, 0.2) is 0 Å². The predicted octanol–water partition coefficient (Wildman–Crippen LogP) is 3.72. The van der Waals surface area contributed by atoms with E-state index < -0.39 is 0 Å². The molecule has 0 radical (unpaired) electrons. The number of ether oxygens (including phenoxy) is 2. The van der Waals surface area contributed by atoms with Crippen molar-refractivity contribution in [3.05, 3.63) is 60.9 Å². The SMILES string of the molecule is C=C(C)/C=C\C(=C)Oc1ccc(OC)cc1.